The standard InChI is InChI=1S/C15H14F3N/c1-9-3-5-14(18)15(7-9)19-10(2)12-8-11(16)4-6-13(12)17/h3-8,10,19H,1-2H3. The van der Waals surface area contributed by atoms with Gasteiger partial charge in [0.05, 0.1) is 11.7 Å². The lowest BCUT2D eigenvalue weighted by Gasteiger charge is -2.17. The topological polar surface area (TPSA) is 12.0 Å². The third kappa shape index (κ3) is 3.08. The van der Waals surface area contributed by atoms with Crippen molar-refractivity contribution >= 4 is 5.69 Å². The Kier molecular flexibility index (Phi) is 3.79. The van der Waals surface area contributed by atoms with E-state index in [4.69, 9.17) is 0 Å². The largest absolute Gasteiger partial charge is 0.376 e. The van der Waals surface area contributed by atoms with Crippen LogP contribution in [0.4, 0.5) is 18.9 Å². The monoisotopic (exact) mass is 265 g/mol. The molecule has 2 rings (SSSR count). The lowest BCUT2D eigenvalue weighted by molar-refractivity contribution is 0.575. The minimum absolute atomic E-state index is 0.168. The Balaban J connectivity index is 2.27. The van der Waals surface area contributed by atoms with Gasteiger partial charge in [0.25, 0.3) is 0 Å². The highest BCUT2D eigenvalue weighted by atomic mass is 19.1. The Morgan fingerprint density at radius 2 is 1.63 bits per heavy atom. The zero-order valence-corrected chi connectivity index (χ0v) is 10.7. The maximum Gasteiger partial charge on any atom is 0.146 e. The molecule has 0 bridgehead atoms. The van der Waals surface area contributed by atoms with Gasteiger partial charge in [-0.2, -0.15) is 0 Å². The smallest absolute Gasteiger partial charge is 0.146 e. The Hall–Kier alpha value is -1.97. The van der Waals surface area contributed by atoms with Crippen molar-refractivity contribution in [3.8, 4) is 0 Å². The molecule has 4 heteroatoms. The van der Waals surface area contributed by atoms with Crippen molar-refractivity contribution in [1.82, 2.24) is 0 Å². The highest BCUT2D eigenvalue weighted by Crippen LogP contribution is 2.24. The lowest BCUT2D eigenvalue weighted by atomic mass is 10.1. The molecule has 0 aliphatic carbocycles. The molecule has 0 aromatic heterocycles. The van der Waals surface area contributed by atoms with Gasteiger partial charge >= 0.3 is 0 Å². The van der Waals surface area contributed by atoms with Crippen LogP contribution in [-0.4, -0.2) is 0 Å². The van der Waals surface area contributed by atoms with E-state index in [0.29, 0.717) is 0 Å². The molecule has 0 amide bonds. The van der Waals surface area contributed by atoms with E-state index >= 15 is 0 Å². The molecule has 1 nitrogen and oxygen atoms in total. The molecule has 100 valence electrons. The second kappa shape index (κ2) is 5.34. The minimum atomic E-state index is -0.535. The van der Waals surface area contributed by atoms with Crippen molar-refractivity contribution < 1.29 is 13.2 Å². The molecule has 0 saturated carbocycles. The van der Waals surface area contributed by atoms with E-state index < -0.39 is 23.5 Å². The zero-order chi connectivity index (χ0) is 14.0. The molecule has 1 atom stereocenters. The quantitative estimate of drug-likeness (QED) is 0.856. The van der Waals surface area contributed by atoms with Gasteiger partial charge in [0, 0.05) is 5.56 Å². The van der Waals surface area contributed by atoms with Crippen LogP contribution in [0, 0.1) is 24.4 Å². The second-order valence-corrected chi connectivity index (χ2v) is 4.52. The first-order valence-electron chi connectivity index (χ1n) is 5.95. The Morgan fingerprint density at radius 1 is 0.947 bits per heavy atom. The first-order chi connectivity index (χ1) is 8.97. The van der Waals surface area contributed by atoms with Gasteiger partial charge in [0.1, 0.15) is 17.5 Å². The highest BCUT2D eigenvalue weighted by Gasteiger charge is 2.13. The molecule has 0 saturated heterocycles. The normalized spacial score (nSPS) is 12.3. The number of aryl methyl sites for hydroxylation is 1. The molecule has 2 aromatic rings. The maximum atomic E-state index is 13.6. The van der Waals surface area contributed by atoms with Crippen LogP contribution in [0.5, 0.6) is 0 Å². The number of hydrogen-bond donors (Lipinski definition) is 1. The second-order valence-electron chi connectivity index (χ2n) is 4.52. The first kappa shape index (κ1) is 13.5. The summed E-state index contributed by atoms with van der Waals surface area (Å²) < 4.78 is 40.3. The van der Waals surface area contributed by atoms with Gasteiger partial charge in [0.15, 0.2) is 0 Å². The molecular weight excluding hydrogens is 251 g/mol. The van der Waals surface area contributed by atoms with E-state index in [1.54, 1.807) is 19.1 Å². The van der Waals surface area contributed by atoms with Crippen molar-refractivity contribution in [3.05, 3.63) is 65.0 Å². The Labute approximate surface area is 110 Å². The van der Waals surface area contributed by atoms with Crippen molar-refractivity contribution in [3.63, 3.8) is 0 Å². The number of anilines is 1. The maximum absolute atomic E-state index is 13.6. The first-order valence-corrected chi connectivity index (χ1v) is 5.95. The van der Waals surface area contributed by atoms with Gasteiger partial charge in [-0.1, -0.05) is 6.07 Å². The van der Waals surface area contributed by atoms with E-state index in [9.17, 15) is 13.2 Å². The van der Waals surface area contributed by atoms with Crippen LogP contribution in [0.2, 0.25) is 0 Å². The molecule has 1 unspecified atom stereocenters. The van der Waals surface area contributed by atoms with Crippen LogP contribution in [0.1, 0.15) is 24.1 Å². The SMILES string of the molecule is Cc1ccc(F)c(NC(C)c2cc(F)ccc2F)c1. The molecule has 0 fully saturated rings. The lowest BCUT2D eigenvalue weighted by Crippen LogP contribution is -2.10. The zero-order valence-electron chi connectivity index (χ0n) is 10.7. The predicted octanol–water partition coefficient (Wildman–Crippen LogP) is 4.59. The summed E-state index contributed by atoms with van der Waals surface area (Å²) in [5.41, 5.74) is 1.33. The Bertz CT molecular complexity index is 596. The summed E-state index contributed by atoms with van der Waals surface area (Å²) in [6, 6.07) is 7.31. The van der Waals surface area contributed by atoms with Crippen molar-refractivity contribution in [2.24, 2.45) is 0 Å². The van der Waals surface area contributed by atoms with Gasteiger partial charge in [0.2, 0.25) is 0 Å². The van der Waals surface area contributed by atoms with Gasteiger partial charge in [-0.05, 0) is 49.7 Å². The number of rotatable bonds is 3. The molecule has 2 aromatic carbocycles. The summed E-state index contributed by atoms with van der Waals surface area (Å²) in [6.45, 7) is 3.48. The van der Waals surface area contributed by atoms with Crippen molar-refractivity contribution in [2.45, 2.75) is 19.9 Å². The molecule has 19 heavy (non-hydrogen) atoms. The van der Waals surface area contributed by atoms with E-state index in [0.717, 1.165) is 23.8 Å². The van der Waals surface area contributed by atoms with Crippen LogP contribution >= 0.6 is 0 Å². The third-order valence-electron chi connectivity index (χ3n) is 2.92. The van der Waals surface area contributed by atoms with E-state index in [1.165, 1.54) is 6.07 Å². The van der Waals surface area contributed by atoms with Crippen LogP contribution in [0.25, 0.3) is 0 Å². The molecule has 1 N–H and O–H groups in total. The average molecular weight is 265 g/mol. The van der Waals surface area contributed by atoms with Gasteiger partial charge in [-0.15, -0.1) is 0 Å². The molecule has 0 radical (unpaired) electrons. The van der Waals surface area contributed by atoms with E-state index in [1.807, 2.05) is 6.92 Å². The van der Waals surface area contributed by atoms with Crippen LogP contribution < -0.4 is 5.32 Å². The number of halogens is 3. The summed E-state index contributed by atoms with van der Waals surface area (Å²) in [5.74, 6) is -1.46. The van der Waals surface area contributed by atoms with Crippen LogP contribution in [0.15, 0.2) is 36.4 Å². The minimum Gasteiger partial charge on any atom is -0.376 e. The van der Waals surface area contributed by atoms with Gasteiger partial charge in [-0.25, -0.2) is 13.2 Å². The summed E-state index contributed by atoms with van der Waals surface area (Å²) in [6.07, 6.45) is 0. The van der Waals surface area contributed by atoms with Crippen molar-refractivity contribution in [1.29, 1.82) is 0 Å². The fraction of sp³-hybridized carbons (Fsp3) is 0.200. The van der Waals surface area contributed by atoms with E-state index in [-0.39, 0.29) is 11.3 Å². The van der Waals surface area contributed by atoms with Crippen molar-refractivity contribution in [2.75, 3.05) is 5.32 Å². The predicted molar refractivity (Wildman–Crippen MR) is 69.5 cm³/mol. The molecule has 0 aliphatic heterocycles. The molecule has 0 aliphatic rings. The fourth-order valence-electron chi connectivity index (χ4n) is 1.91. The summed E-state index contributed by atoms with van der Waals surface area (Å²) in [7, 11) is 0. The summed E-state index contributed by atoms with van der Waals surface area (Å²) in [5, 5.41) is 2.85. The Morgan fingerprint density at radius 3 is 2.37 bits per heavy atom. The van der Waals surface area contributed by atoms with E-state index in [2.05, 4.69) is 5.32 Å². The van der Waals surface area contributed by atoms with Crippen LogP contribution in [0.3, 0.4) is 0 Å². The fourth-order valence-corrected chi connectivity index (χ4v) is 1.91. The summed E-state index contributed by atoms with van der Waals surface area (Å²) in [4.78, 5) is 0. The highest BCUT2D eigenvalue weighted by molar-refractivity contribution is 5.49. The van der Waals surface area contributed by atoms with Gasteiger partial charge in [-0.3, -0.25) is 0 Å². The third-order valence-corrected chi connectivity index (χ3v) is 2.92. The number of benzene rings is 2. The number of nitrogens with one attached hydrogen (secondary N) is 1. The molecule has 0 spiro atoms. The van der Waals surface area contributed by atoms with Gasteiger partial charge < -0.3 is 5.32 Å². The molecular formula is C15H14F3N. The van der Waals surface area contributed by atoms with Crippen LogP contribution in [-0.2, 0) is 0 Å². The summed E-state index contributed by atoms with van der Waals surface area (Å²) >= 11 is 0. The number of hydrogen-bond acceptors (Lipinski definition) is 1. The molecule has 0 heterocycles. The average Bonchev–Trinajstić information content (AvgIpc) is 2.36.